The zero-order valence-corrected chi connectivity index (χ0v) is 8.50. The van der Waals surface area contributed by atoms with E-state index in [0.29, 0.717) is 5.92 Å². The number of hydrogen-bond donors (Lipinski definition) is 0. The molecule has 0 bridgehead atoms. The van der Waals surface area contributed by atoms with Crippen molar-refractivity contribution in [3.8, 4) is 0 Å². The molecule has 0 N–H and O–H groups in total. The van der Waals surface area contributed by atoms with Crippen molar-refractivity contribution in [1.29, 1.82) is 0 Å². The first-order valence-corrected chi connectivity index (χ1v) is 5.02. The van der Waals surface area contributed by atoms with E-state index in [-0.39, 0.29) is 0 Å². The summed E-state index contributed by atoms with van der Waals surface area (Å²) < 4.78 is 0.989. The monoisotopic (exact) mass is 219 g/mol. The molecule has 56 valence electrons. The maximum atomic E-state index is 4.32. The van der Waals surface area contributed by atoms with Crippen LogP contribution >= 0.6 is 27.3 Å². The highest BCUT2D eigenvalue weighted by atomic mass is 79.9. The number of thiazole rings is 1. The Bertz CT molecular complexity index is 209. The van der Waals surface area contributed by atoms with E-state index in [2.05, 4.69) is 40.1 Å². The van der Waals surface area contributed by atoms with E-state index in [1.54, 1.807) is 11.3 Å². The lowest BCUT2D eigenvalue weighted by Gasteiger charge is -2.01. The van der Waals surface area contributed by atoms with Gasteiger partial charge in [0.1, 0.15) is 0 Å². The Kier molecular flexibility index (Phi) is 2.86. The van der Waals surface area contributed by atoms with E-state index >= 15 is 0 Å². The van der Waals surface area contributed by atoms with Gasteiger partial charge < -0.3 is 0 Å². The summed E-state index contributed by atoms with van der Waals surface area (Å²) in [6.07, 6.45) is 1.16. The highest BCUT2D eigenvalue weighted by Gasteiger charge is 2.05. The second-order valence-electron chi connectivity index (χ2n) is 2.33. The average molecular weight is 220 g/mol. The van der Waals surface area contributed by atoms with Crippen molar-refractivity contribution in [2.24, 2.45) is 0 Å². The fourth-order valence-corrected chi connectivity index (χ4v) is 1.84. The van der Waals surface area contributed by atoms with Crippen LogP contribution in [0.1, 0.15) is 31.9 Å². The first-order valence-electron chi connectivity index (χ1n) is 3.35. The van der Waals surface area contributed by atoms with E-state index in [9.17, 15) is 0 Å². The predicted octanol–water partition coefficient (Wildman–Crippen LogP) is 3.42. The van der Waals surface area contributed by atoms with Crippen LogP contribution in [-0.2, 0) is 0 Å². The van der Waals surface area contributed by atoms with Gasteiger partial charge in [-0.05, 0) is 28.3 Å². The van der Waals surface area contributed by atoms with Crippen LogP contribution < -0.4 is 0 Å². The summed E-state index contributed by atoms with van der Waals surface area (Å²) in [5, 5.41) is 2.11. The van der Waals surface area contributed by atoms with Gasteiger partial charge in [-0.25, -0.2) is 4.98 Å². The molecule has 1 aromatic heterocycles. The van der Waals surface area contributed by atoms with Gasteiger partial charge in [0.2, 0.25) is 0 Å². The molecule has 0 radical (unpaired) electrons. The maximum absolute atomic E-state index is 4.32. The fourth-order valence-electron chi connectivity index (χ4n) is 0.699. The summed E-state index contributed by atoms with van der Waals surface area (Å²) in [4.78, 5) is 4.32. The van der Waals surface area contributed by atoms with Gasteiger partial charge in [0.25, 0.3) is 0 Å². The third-order valence-electron chi connectivity index (χ3n) is 1.61. The summed E-state index contributed by atoms with van der Waals surface area (Å²) in [5.41, 5.74) is 1.21. The minimum atomic E-state index is 0.600. The van der Waals surface area contributed by atoms with E-state index in [1.807, 2.05) is 0 Å². The van der Waals surface area contributed by atoms with Crippen molar-refractivity contribution in [3.05, 3.63) is 15.0 Å². The van der Waals surface area contributed by atoms with Crippen LogP contribution in [0.3, 0.4) is 0 Å². The van der Waals surface area contributed by atoms with Gasteiger partial charge >= 0.3 is 0 Å². The predicted molar refractivity (Wildman–Crippen MR) is 48.5 cm³/mol. The molecule has 3 heteroatoms. The Morgan fingerprint density at radius 3 is 2.90 bits per heavy atom. The lowest BCUT2D eigenvalue weighted by molar-refractivity contribution is 0.712. The average Bonchev–Trinajstić information content (AvgIpc) is 2.34. The molecule has 1 heterocycles. The number of halogens is 1. The van der Waals surface area contributed by atoms with Crippen LogP contribution in [0, 0.1) is 0 Å². The molecule has 0 aliphatic heterocycles. The van der Waals surface area contributed by atoms with E-state index < -0.39 is 0 Å². The Labute approximate surface area is 73.6 Å². The van der Waals surface area contributed by atoms with Gasteiger partial charge in [0.15, 0.2) is 3.92 Å². The molecular weight excluding hydrogens is 210 g/mol. The van der Waals surface area contributed by atoms with Gasteiger partial charge in [-0.3, -0.25) is 0 Å². The summed E-state index contributed by atoms with van der Waals surface area (Å²) >= 11 is 4.99. The molecule has 1 unspecified atom stereocenters. The number of rotatable bonds is 2. The Morgan fingerprint density at radius 1 is 1.80 bits per heavy atom. The lowest BCUT2D eigenvalue weighted by atomic mass is 10.1. The fraction of sp³-hybridized carbons (Fsp3) is 0.571. The molecule has 10 heavy (non-hydrogen) atoms. The van der Waals surface area contributed by atoms with Gasteiger partial charge in [-0.2, -0.15) is 0 Å². The second-order valence-corrected chi connectivity index (χ2v) is 4.47. The first-order chi connectivity index (χ1) is 4.74. The van der Waals surface area contributed by atoms with E-state index in [0.717, 1.165) is 10.3 Å². The molecule has 1 atom stereocenters. The third-order valence-corrected chi connectivity index (χ3v) is 2.99. The first kappa shape index (κ1) is 8.21. The van der Waals surface area contributed by atoms with Crippen LogP contribution in [-0.4, -0.2) is 4.98 Å². The molecule has 0 amide bonds. The molecule has 0 aromatic carbocycles. The molecule has 0 fully saturated rings. The lowest BCUT2D eigenvalue weighted by Crippen LogP contribution is -1.89. The van der Waals surface area contributed by atoms with Gasteiger partial charge in [-0.15, -0.1) is 11.3 Å². The minimum Gasteiger partial charge on any atom is -0.234 e. The Balaban J connectivity index is 2.74. The molecule has 1 rings (SSSR count). The molecule has 1 aromatic rings. The largest absolute Gasteiger partial charge is 0.234 e. The van der Waals surface area contributed by atoms with Crippen LogP contribution in [0.4, 0.5) is 0 Å². The Hall–Kier alpha value is 0.110. The third kappa shape index (κ3) is 1.80. The summed E-state index contributed by atoms with van der Waals surface area (Å²) in [6, 6.07) is 0. The zero-order chi connectivity index (χ0) is 7.56. The van der Waals surface area contributed by atoms with E-state index in [4.69, 9.17) is 0 Å². The molecule has 0 saturated heterocycles. The van der Waals surface area contributed by atoms with Crippen molar-refractivity contribution >= 4 is 27.3 Å². The smallest absolute Gasteiger partial charge is 0.159 e. The molecule has 0 aliphatic rings. The Morgan fingerprint density at radius 2 is 2.50 bits per heavy atom. The second kappa shape index (κ2) is 3.49. The molecule has 0 spiro atoms. The summed E-state index contributed by atoms with van der Waals surface area (Å²) in [7, 11) is 0. The van der Waals surface area contributed by atoms with Gasteiger partial charge in [0, 0.05) is 5.38 Å². The standard InChI is InChI=1S/C7H10BrNS/c1-3-5(2)6-4-10-7(8)9-6/h4-5H,3H2,1-2H3. The quantitative estimate of drug-likeness (QED) is 0.744. The topological polar surface area (TPSA) is 12.9 Å². The molecular formula is C7H10BrNS. The van der Waals surface area contributed by atoms with Gasteiger partial charge in [0.05, 0.1) is 5.69 Å². The highest BCUT2D eigenvalue weighted by molar-refractivity contribution is 9.11. The molecule has 0 aliphatic carbocycles. The van der Waals surface area contributed by atoms with Crippen molar-refractivity contribution in [3.63, 3.8) is 0 Å². The number of nitrogens with zero attached hydrogens (tertiary/aromatic N) is 1. The molecule has 1 nitrogen and oxygen atoms in total. The normalized spacial score (nSPS) is 13.5. The summed E-state index contributed by atoms with van der Waals surface area (Å²) in [6.45, 7) is 4.37. The molecule has 0 saturated carbocycles. The van der Waals surface area contributed by atoms with Crippen molar-refractivity contribution in [2.45, 2.75) is 26.2 Å². The number of hydrogen-bond acceptors (Lipinski definition) is 2. The van der Waals surface area contributed by atoms with Crippen molar-refractivity contribution in [1.82, 2.24) is 4.98 Å². The number of aromatic nitrogens is 1. The summed E-state index contributed by atoms with van der Waals surface area (Å²) in [5.74, 6) is 0.600. The van der Waals surface area contributed by atoms with Crippen LogP contribution in [0.5, 0.6) is 0 Å². The maximum Gasteiger partial charge on any atom is 0.159 e. The van der Waals surface area contributed by atoms with Crippen LogP contribution in [0.2, 0.25) is 0 Å². The van der Waals surface area contributed by atoms with Gasteiger partial charge in [-0.1, -0.05) is 13.8 Å². The highest BCUT2D eigenvalue weighted by Crippen LogP contribution is 2.23. The van der Waals surface area contributed by atoms with E-state index in [1.165, 1.54) is 5.69 Å². The van der Waals surface area contributed by atoms with Crippen LogP contribution in [0.25, 0.3) is 0 Å². The van der Waals surface area contributed by atoms with Crippen molar-refractivity contribution < 1.29 is 0 Å². The minimum absolute atomic E-state index is 0.600. The van der Waals surface area contributed by atoms with Crippen molar-refractivity contribution in [2.75, 3.05) is 0 Å². The van der Waals surface area contributed by atoms with Crippen LogP contribution in [0.15, 0.2) is 9.30 Å². The zero-order valence-electron chi connectivity index (χ0n) is 6.10. The SMILES string of the molecule is CCC(C)c1csc(Br)n1.